The molecule has 9 nitrogen and oxygen atoms in total. The van der Waals surface area contributed by atoms with Gasteiger partial charge in [-0.05, 0) is 25.7 Å². The van der Waals surface area contributed by atoms with Crippen LogP contribution in [0.25, 0.3) is 28.6 Å². The summed E-state index contributed by atoms with van der Waals surface area (Å²) in [6.07, 6.45) is 10.1. The molecule has 4 aromatic heterocycles. The van der Waals surface area contributed by atoms with Gasteiger partial charge in [-0.15, -0.1) is 0 Å². The van der Waals surface area contributed by atoms with E-state index in [2.05, 4.69) is 26.3 Å². The zero-order chi connectivity index (χ0) is 18.4. The SMILES string of the molecule is Cc1noc(-c2cc3nccn3c(-c3cnn(C(CC#N)C4CC4)c3)n2)n1. The van der Waals surface area contributed by atoms with Gasteiger partial charge < -0.3 is 4.52 Å². The third-order valence-electron chi connectivity index (χ3n) is 4.80. The van der Waals surface area contributed by atoms with Crippen molar-refractivity contribution in [1.29, 1.82) is 5.26 Å². The molecule has 9 heteroatoms. The zero-order valence-corrected chi connectivity index (χ0v) is 14.6. The Kier molecular flexibility index (Phi) is 3.50. The van der Waals surface area contributed by atoms with Crippen LogP contribution in [0.1, 0.15) is 31.1 Å². The highest BCUT2D eigenvalue weighted by molar-refractivity contribution is 5.64. The molecule has 5 rings (SSSR count). The molecule has 1 fully saturated rings. The van der Waals surface area contributed by atoms with Crippen molar-refractivity contribution in [3.05, 3.63) is 36.7 Å². The Morgan fingerprint density at radius 1 is 1.37 bits per heavy atom. The second kappa shape index (κ2) is 6.02. The normalized spacial score (nSPS) is 15.1. The lowest BCUT2D eigenvalue weighted by molar-refractivity contribution is 0.412. The molecule has 0 amide bonds. The van der Waals surface area contributed by atoms with Crippen LogP contribution < -0.4 is 0 Å². The van der Waals surface area contributed by atoms with Crippen molar-refractivity contribution in [2.24, 2.45) is 5.92 Å². The molecular weight excluding hydrogens is 344 g/mol. The molecule has 1 aliphatic carbocycles. The number of hydrogen-bond donors (Lipinski definition) is 0. The summed E-state index contributed by atoms with van der Waals surface area (Å²) in [7, 11) is 0. The maximum absolute atomic E-state index is 9.14. The highest BCUT2D eigenvalue weighted by atomic mass is 16.5. The first kappa shape index (κ1) is 15.7. The maximum atomic E-state index is 9.14. The van der Waals surface area contributed by atoms with Gasteiger partial charge in [0.05, 0.1) is 30.3 Å². The molecule has 0 radical (unpaired) electrons. The van der Waals surface area contributed by atoms with Gasteiger partial charge in [-0.25, -0.2) is 9.97 Å². The van der Waals surface area contributed by atoms with E-state index in [1.165, 1.54) is 0 Å². The molecule has 1 unspecified atom stereocenters. The monoisotopic (exact) mass is 360 g/mol. The minimum absolute atomic E-state index is 0.115. The Labute approximate surface area is 154 Å². The van der Waals surface area contributed by atoms with Crippen molar-refractivity contribution >= 4 is 5.65 Å². The Hall–Kier alpha value is -3.54. The average Bonchev–Trinajstić information content (AvgIpc) is 3.07. The van der Waals surface area contributed by atoms with Crippen LogP contribution in [-0.4, -0.2) is 34.3 Å². The predicted molar refractivity (Wildman–Crippen MR) is 94.2 cm³/mol. The van der Waals surface area contributed by atoms with E-state index in [1.807, 2.05) is 27.5 Å². The molecule has 134 valence electrons. The van der Waals surface area contributed by atoms with Crippen molar-refractivity contribution in [1.82, 2.24) is 34.3 Å². The van der Waals surface area contributed by atoms with Gasteiger partial charge in [-0.2, -0.15) is 15.3 Å². The highest BCUT2D eigenvalue weighted by Crippen LogP contribution is 2.41. The van der Waals surface area contributed by atoms with Gasteiger partial charge in [-0.1, -0.05) is 5.16 Å². The van der Waals surface area contributed by atoms with Crippen LogP contribution in [0.3, 0.4) is 0 Å². The van der Waals surface area contributed by atoms with Crippen molar-refractivity contribution in [3.63, 3.8) is 0 Å². The van der Waals surface area contributed by atoms with Gasteiger partial charge in [0.15, 0.2) is 5.82 Å². The summed E-state index contributed by atoms with van der Waals surface area (Å²) in [5.74, 6) is 2.13. The second-order valence-electron chi connectivity index (χ2n) is 6.74. The number of fused-ring (bicyclic) bond motifs is 1. The molecule has 4 heterocycles. The van der Waals surface area contributed by atoms with Gasteiger partial charge in [-0.3, -0.25) is 9.08 Å². The first-order valence-corrected chi connectivity index (χ1v) is 8.79. The lowest BCUT2D eigenvalue weighted by atomic mass is 10.1. The summed E-state index contributed by atoms with van der Waals surface area (Å²) >= 11 is 0. The van der Waals surface area contributed by atoms with Gasteiger partial charge in [0.25, 0.3) is 5.89 Å². The minimum atomic E-state index is 0.115. The van der Waals surface area contributed by atoms with Crippen molar-refractivity contribution in [2.75, 3.05) is 0 Å². The predicted octanol–water partition coefficient (Wildman–Crippen LogP) is 2.82. The third kappa shape index (κ3) is 2.75. The number of imidazole rings is 1. The van der Waals surface area contributed by atoms with Crippen LogP contribution in [0.2, 0.25) is 0 Å². The van der Waals surface area contributed by atoms with Gasteiger partial charge in [0.2, 0.25) is 0 Å². The Balaban J connectivity index is 1.60. The molecule has 1 atom stereocenters. The molecule has 4 aromatic rings. The van der Waals surface area contributed by atoms with E-state index < -0.39 is 0 Å². The Bertz CT molecular complexity index is 1160. The first-order chi connectivity index (χ1) is 13.2. The fraction of sp³-hybridized carbons (Fsp3) is 0.333. The Morgan fingerprint density at radius 2 is 2.26 bits per heavy atom. The molecule has 0 bridgehead atoms. The lowest BCUT2D eigenvalue weighted by Gasteiger charge is -2.12. The van der Waals surface area contributed by atoms with E-state index >= 15 is 0 Å². The fourth-order valence-corrected chi connectivity index (χ4v) is 3.32. The van der Waals surface area contributed by atoms with E-state index in [0.717, 1.165) is 24.1 Å². The van der Waals surface area contributed by atoms with Crippen LogP contribution in [0.4, 0.5) is 0 Å². The number of hydrogen-bond acceptors (Lipinski definition) is 7. The number of nitriles is 1. The number of aryl methyl sites for hydroxylation is 1. The molecular formula is C18H16N8O. The summed E-state index contributed by atoms with van der Waals surface area (Å²) in [6.45, 7) is 1.76. The molecule has 1 saturated carbocycles. The van der Waals surface area contributed by atoms with Crippen molar-refractivity contribution < 1.29 is 4.52 Å². The second-order valence-corrected chi connectivity index (χ2v) is 6.74. The number of rotatable bonds is 5. The minimum Gasteiger partial charge on any atom is -0.332 e. The average molecular weight is 360 g/mol. The Morgan fingerprint density at radius 3 is 3.00 bits per heavy atom. The third-order valence-corrected chi connectivity index (χ3v) is 4.80. The summed E-state index contributed by atoms with van der Waals surface area (Å²) in [4.78, 5) is 13.3. The maximum Gasteiger partial charge on any atom is 0.276 e. The quantitative estimate of drug-likeness (QED) is 0.538. The highest BCUT2D eigenvalue weighted by Gasteiger charge is 2.33. The topological polar surface area (TPSA) is 111 Å². The van der Waals surface area contributed by atoms with E-state index in [4.69, 9.17) is 14.8 Å². The smallest absolute Gasteiger partial charge is 0.276 e. The number of nitrogens with zero attached hydrogens (tertiary/aromatic N) is 8. The fourth-order valence-electron chi connectivity index (χ4n) is 3.32. The van der Waals surface area contributed by atoms with Gasteiger partial charge in [0.1, 0.15) is 17.2 Å². The van der Waals surface area contributed by atoms with Crippen LogP contribution >= 0.6 is 0 Å². The zero-order valence-electron chi connectivity index (χ0n) is 14.6. The van der Waals surface area contributed by atoms with E-state index in [-0.39, 0.29) is 6.04 Å². The summed E-state index contributed by atoms with van der Waals surface area (Å²) in [5, 5.41) is 17.5. The number of aromatic nitrogens is 7. The van der Waals surface area contributed by atoms with Gasteiger partial charge in [0, 0.05) is 24.7 Å². The molecule has 27 heavy (non-hydrogen) atoms. The van der Waals surface area contributed by atoms with Crippen LogP contribution in [0, 0.1) is 24.2 Å². The van der Waals surface area contributed by atoms with Crippen molar-refractivity contribution in [3.8, 4) is 29.0 Å². The van der Waals surface area contributed by atoms with Crippen LogP contribution in [-0.2, 0) is 0 Å². The molecule has 0 N–H and O–H groups in total. The van der Waals surface area contributed by atoms with E-state index in [1.54, 1.807) is 19.3 Å². The van der Waals surface area contributed by atoms with E-state index in [9.17, 15) is 0 Å². The first-order valence-electron chi connectivity index (χ1n) is 8.79. The van der Waals surface area contributed by atoms with Gasteiger partial charge >= 0.3 is 0 Å². The molecule has 0 saturated heterocycles. The van der Waals surface area contributed by atoms with Crippen LogP contribution in [0.5, 0.6) is 0 Å². The molecule has 0 aromatic carbocycles. The standard InChI is InChI=1S/C18H16N8O/c1-11-22-18(27-24-11)14-8-16-20-6-7-25(16)17(23-14)13-9-21-26(10-13)15(4-5-19)12-2-3-12/h6-10,12,15H,2-4H2,1H3. The molecule has 0 aliphatic heterocycles. The van der Waals surface area contributed by atoms with Crippen molar-refractivity contribution in [2.45, 2.75) is 32.2 Å². The van der Waals surface area contributed by atoms with E-state index in [0.29, 0.717) is 35.6 Å². The summed E-state index contributed by atoms with van der Waals surface area (Å²) in [5.41, 5.74) is 2.14. The van der Waals surface area contributed by atoms with Crippen LogP contribution in [0.15, 0.2) is 35.4 Å². The summed E-state index contributed by atoms with van der Waals surface area (Å²) < 4.78 is 9.05. The largest absolute Gasteiger partial charge is 0.332 e. The lowest BCUT2D eigenvalue weighted by Crippen LogP contribution is -2.11. The molecule has 0 spiro atoms. The summed E-state index contributed by atoms with van der Waals surface area (Å²) in [6, 6.07) is 4.20. The molecule has 1 aliphatic rings.